The Morgan fingerprint density at radius 1 is 1.21 bits per heavy atom. The summed E-state index contributed by atoms with van der Waals surface area (Å²) in [4.78, 5) is 5.27. The highest BCUT2D eigenvalue weighted by Gasteiger charge is 2.08. The molecule has 3 rings (SSSR count). The van der Waals surface area contributed by atoms with Crippen molar-refractivity contribution < 1.29 is 4.21 Å². The Kier molecular flexibility index (Phi) is 3.48. The third-order valence-electron chi connectivity index (χ3n) is 2.75. The van der Waals surface area contributed by atoms with Crippen LogP contribution in [-0.2, 0) is 16.6 Å². The van der Waals surface area contributed by atoms with Crippen molar-refractivity contribution in [2.75, 3.05) is 0 Å². The van der Waals surface area contributed by atoms with E-state index >= 15 is 0 Å². The van der Waals surface area contributed by atoms with Crippen LogP contribution >= 0.6 is 15.9 Å². The predicted octanol–water partition coefficient (Wildman–Crippen LogP) is 3.40. The first-order chi connectivity index (χ1) is 9.22. The van der Waals surface area contributed by atoms with Gasteiger partial charge in [0.05, 0.1) is 22.2 Å². The molecule has 0 spiro atoms. The first-order valence-electron chi connectivity index (χ1n) is 5.79. The third kappa shape index (κ3) is 2.77. The van der Waals surface area contributed by atoms with Gasteiger partial charge in [0, 0.05) is 21.8 Å². The summed E-state index contributed by atoms with van der Waals surface area (Å²) in [6, 6.07) is 13.4. The number of fused-ring (bicyclic) bond motifs is 1. The van der Waals surface area contributed by atoms with Crippen LogP contribution in [0.25, 0.3) is 5.65 Å². The molecule has 0 fully saturated rings. The highest BCUT2D eigenvalue weighted by molar-refractivity contribution is 9.10. The number of aromatic nitrogens is 2. The number of rotatable bonds is 3. The van der Waals surface area contributed by atoms with Crippen molar-refractivity contribution in [1.29, 1.82) is 0 Å². The molecule has 0 saturated carbocycles. The van der Waals surface area contributed by atoms with Crippen LogP contribution in [0.4, 0.5) is 0 Å². The molecule has 0 N–H and O–H groups in total. The van der Waals surface area contributed by atoms with Gasteiger partial charge >= 0.3 is 0 Å². The van der Waals surface area contributed by atoms with Crippen molar-refractivity contribution in [2.24, 2.45) is 0 Å². The van der Waals surface area contributed by atoms with Crippen LogP contribution in [0, 0.1) is 0 Å². The van der Waals surface area contributed by atoms with Gasteiger partial charge in [-0.15, -0.1) is 0 Å². The Balaban J connectivity index is 1.86. The summed E-state index contributed by atoms with van der Waals surface area (Å²) in [5, 5.41) is 0. The zero-order chi connectivity index (χ0) is 13.2. The monoisotopic (exact) mass is 334 g/mol. The second-order valence-electron chi connectivity index (χ2n) is 4.15. The summed E-state index contributed by atoms with van der Waals surface area (Å²) in [6.45, 7) is 0. The number of pyridine rings is 1. The SMILES string of the molecule is O=[S@](Cc1cn2ccccc2n1)c1cccc(Br)c1. The molecule has 1 aromatic carbocycles. The van der Waals surface area contributed by atoms with Gasteiger partial charge in [0.1, 0.15) is 5.65 Å². The van der Waals surface area contributed by atoms with Crippen molar-refractivity contribution in [3.05, 3.63) is 65.0 Å². The van der Waals surface area contributed by atoms with E-state index in [1.54, 1.807) is 0 Å². The number of benzene rings is 1. The molecule has 0 amide bonds. The minimum atomic E-state index is -1.08. The lowest BCUT2D eigenvalue weighted by Gasteiger charge is -2.00. The van der Waals surface area contributed by atoms with Crippen LogP contribution in [0.3, 0.4) is 0 Å². The fourth-order valence-electron chi connectivity index (χ4n) is 1.88. The van der Waals surface area contributed by atoms with Gasteiger partial charge in [-0.05, 0) is 30.3 Å². The van der Waals surface area contributed by atoms with Crippen molar-refractivity contribution in [1.82, 2.24) is 9.38 Å². The molecule has 0 aliphatic heterocycles. The highest BCUT2D eigenvalue weighted by Crippen LogP contribution is 2.17. The lowest BCUT2D eigenvalue weighted by Crippen LogP contribution is -1.96. The molecule has 3 nitrogen and oxygen atoms in total. The molecule has 1 atom stereocenters. The molecule has 3 aromatic rings. The van der Waals surface area contributed by atoms with E-state index < -0.39 is 10.8 Å². The van der Waals surface area contributed by atoms with Crippen molar-refractivity contribution in [2.45, 2.75) is 10.6 Å². The number of imidazole rings is 1. The minimum absolute atomic E-state index is 0.429. The largest absolute Gasteiger partial charge is 0.307 e. The van der Waals surface area contributed by atoms with Crippen LogP contribution in [0.5, 0.6) is 0 Å². The fraction of sp³-hybridized carbons (Fsp3) is 0.0714. The van der Waals surface area contributed by atoms with E-state index in [2.05, 4.69) is 20.9 Å². The molecule has 0 unspecified atom stereocenters. The summed E-state index contributed by atoms with van der Waals surface area (Å²) in [7, 11) is -1.08. The summed E-state index contributed by atoms with van der Waals surface area (Å²) in [6.07, 6.45) is 3.86. The number of halogens is 1. The third-order valence-corrected chi connectivity index (χ3v) is 4.58. The first kappa shape index (κ1) is 12.6. The number of nitrogens with zero attached hydrogens (tertiary/aromatic N) is 2. The first-order valence-corrected chi connectivity index (χ1v) is 7.90. The van der Waals surface area contributed by atoms with Gasteiger partial charge < -0.3 is 4.40 Å². The molecule has 5 heteroatoms. The highest BCUT2D eigenvalue weighted by atomic mass is 79.9. The Hall–Kier alpha value is -1.46. The predicted molar refractivity (Wildman–Crippen MR) is 79.4 cm³/mol. The molecule has 0 aliphatic rings. The second kappa shape index (κ2) is 5.27. The number of hydrogen-bond acceptors (Lipinski definition) is 2. The maximum Gasteiger partial charge on any atom is 0.137 e. The van der Waals surface area contributed by atoms with Gasteiger partial charge in [-0.2, -0.15) is 0 Å². The normalized spacial score (nSPS) is 12.7. The van der Waals surface area contributed by atoms with E-state index in [0.29, 0.717) is 5.75 Å². The van der Waals surface area contributed by atoms with Gasteiger partial charge in [-0.25, -0.2) is 4.98 Å². The Labute approximate surface area is 121 Å². The van der Waals surface area contributed by atoms with Crippen LogP contribution in [0.15, 0.2) is 64.2 Å². The smallest absolute Gasteiger partial charge is 0.137 e. The van der Waals surface area contributed by atoms with Crippen LogP contribution in [0.2, 0.25) is 0 Å². The molecular weight excluding hydrogens is 324 g/mol. The summed E-state index contributed by atoms with van der Waals surface area (Å²) < 4.78 is 15.2. The van der Waals surface area contributed by atoms with Crippen LogP contribution < -0.4 is 0 Å². The maximum atomic E-state index is 12.3. The van der Waals surface area contributed by atoms with Crippen molar-refractivity contribution in [3.63, 3.8) is 0 Å². The maximum absolute atomic E-state index is 12.3. The minimum Gasteiger partial charge on any atom is -0.307 e. The van der Waals surface area contributed by atoms with E-state index in [1.165, 1.54) is 0 Å². The number of hydrogen-bond donors (Lipinski definition) is 0. The van der Waals surface area contributed by atoms with E-state index in [0.717, 1.165) is 20.7 Å². The molecular formula is C14H11BrN2OS. The topological polar surface area (TPSA) is 34.4 Å². The lowest BCUT2D eigenvalue weighted by molar-refractivity contribution is 0.682. The van der Waals surface area contributed by atoms with E-state index in [1.807, 2.05) is 59.3 Å². The Morgan fingerprint density at radius 2 is 2.11 bits per heavy atom. The van der Waals surface area contributed by atoms with Crippen molar-refractivity contribution in [3.8, 4) is 0 Å². The molecule has 19 heavy (non-hydrogen) atoms. The molecule has 0 saturated heterocycles. The van der Waals surface area contributed by atoms with E-state index in [-0.39, 0.29) is 0 Å². The molecule has 0 aliphatic carbocycles. The van der Waals surface area contributed by atoms with Gasteiger partial charge in [-0.3, -0.25) is 4.21 Å². The zero-order valence-electron chi connectivity index (χ0n) is 9.99. The lowest BCUT2D eigenvalue weighted by atomic mass is 10.4. The quantitative estimate of drug-likeness (QED) is 0.735. The molecule has 0 bridgehead atoms. The fourth-order valence-corrected chi connectivity index (χ4v) is 3.50. The average Bonchev–Trinajstić information content (AvgIpc) is 2.80. The molecule has 96 valence electrons. The van der Waals surface area contributed by atoms with Gasteiger partial charge in [0.15, 0.2) is 0 Å². The molecule has 0 radical (unpaired) electrons. The van der Waals surface area contributed by atoms with Gasteiger partial charge in [0.2, 0.25) is 0 Å². The molecule has 2 heterocycles. The van der Waals surface area contributed by atoms with E-state index in [4.69, 9.17) is 0 Å². The summed E-state index contributed by atoms with van der Waals surface area (Å²) in [5.74, 6) is 0.429. The summed E-state index contributed by atoms with van der Waals surface area (Å²) >= 11 is 3.39. The second-order valence-corrected chi connectivity index (χ2v) is 6.51. The van der Waals surface area contributed by atoms with Crippen molar-refractivity contribution >= 4 is 32.4 Å². The van der Waals surface area contributed by atoms with Gasteiger partial charge in [0.25, 0.3) is 0 Å². The van der Waals surface area contributed by atoms with Gasteiger partial charge in [-0.1, -0.05) is 28.1 Å². The van der Waals surface area contributed by atoms with Crippen LogP contribution in [-0.4, -0.2) is 13.6 Å². The van der Waals surface area contributed by atoms with Crippen LogP contribution in [0.1, 0.15) is 5.69 Å². The Bertz CT molecular complexity index is 721. The standard InChI is InChI=1S/C14H11BrN2OS/c15-11-4-3-5-13(8-11)19(18)10-12-9-17-7-2-1-6-14(17)16-12/h1-9H,10H2/t19-/m1/s1. The Morgan fingerprint density at radius 3 is 2.89 bits per heavy atom. The average molecular weight is 335 g/mol. The van der Waals surface area contributed by atoms with E-state index in [9.17, 15) is 4.21 Å². The zero-order valence-corrected chi connectivity index (χ0v) is 12.4. The molecule has 2 aromatic heterocycles. The summed E-state index contributed by atoms with van der Waals surface area (Å²) in [5.41, 5.74) is 1.72.